The van der Waals surface area contributed by atoms with Crippen LogP contribution in [0, 0.1) is 17.6 Å². The molecule has 0 spiro atoms. The highest BCUT2D eigenvalue weighted by molar-refractivity contribution is 7.92. The van der Waals surface area contributed by atoms with Crippen LogP contribution in [0.2, 0.25) is 5.02 Å². The van der Waals surface area contributed by atoms with E-state index in [1.165, 1.54) is 31.2 Å². The van der Waals surface area contributed by atoms with Gasteiger partial charge in [-0.2, -0.15) is 0 Å². The molecule has 3 rings (SSSR count). The van der Waals surface area contributed by atoms with Crippen molar-refractivity contribution in [1.82, 2.24) is 0 Å². The average molecular weight is 387 g/mol. The van der Waals surface area contributed by atoms with Crippen molar-refractivity contribution >= 4 is 21.4 Å². The van der Waals surface area contributed by atoms with Crippen LogP contribution in [0.5, 0.6) is 5.75 Å². The van der Waals surface area contributed by atoms with Crippen molar-refractivity contribution in [1.29, 1.82) is 0 Å². The zero-order valence-corrected chi connectivity index (χ0v) is 15.3. The lowest BCUT2D eigenvalue weighted by Gasteiger charge is -2.41. The summed E-state index contributed by atoms with van der Waals surface area (Å²) in [6.07, 6.45) is 0.429. The van der Waals surface area contributed by atoms with Crippen LogP contribution in [-0.2, 0) is 14.6 Å². The zero-order chi connectivity index (χ0) is 18.4. The van der Waals surface area contributed by atoms with Gasteiger partial charge in [0.05, 0.1) is 17.1 Å². The van der Waals surface area contributed by atoms with Crippen molar-refractivity contribution in [2.45, 2.75) is 29.9 Å². The Kier molecular flexibility index (Phi) is 4.54. The van der Waals surface area contributed by atoms with Crippen LogP contribution in [0.4, 0.5) is 8.78 Å². The topological polar surface area (TPSA) is 43.4 Å². The Labute approximate surface area is 150 Å². The largest absolute Gasteiger partial charge is 0.490 e. The van der Waals surface area contributed by atoms with Crippen LogP contribution in [0.15, 0.2) is 41.3 Å². The fourth-order valence-electron chi connectivity index (χ4n) is 3.40. The van der Waals surface area contributed by atoms with Gasteiger partial charge in [0.1, 0.15) is 10.6 Å². The molecule has 0 amide bonds. The molecule has 0 fully saturated rings. The van der Waals surface area contributed by atoms with Gasteiger partial charge in [0.15, 0.2) is 21.4 Å². The Bertz CT molecular complexity index is 913. The average Bonchev–Trinajstić information content (AvgIpc) is 2.58. The van der Waals surface area contributed by atoms with E-state index in [1.807, 2.05) is 0 Å². The highest BCUT2D eigenvalue weighted by Gasteiger charge is 2.53. The first-order chi connectivity index (χ1) is 11.7. The number of hydrogen-bond acceptors (Lipinski definition) is 3. The molecule has 0 bridgehead atoms. The maximum atomic E-state index is 14.6. The van der Waals surface area contributed by atoms with E-state index in [9.17, 15) is 17.2 Å². The molecular formula is C18H17ClF2O3S. The van der Waals surface area contributed by atoms with Gasteiger partial charge >= 0.3 is 0 Å². The molecule has 1 aliphatic heterocycles. The second-order valence-electron chi connectivity index (χ2n) is 6.21. The highest BCUT2D eigenvalue weighted by Crippen LogP contribution is 2.51. The molecule has 0 radical (unpaired) electrons. The summed E-state index contributed by atoms with van der Waals surface area (Å²) in [5.41, 5.74) is -0.249. The molecular weight excluding hydrogens is 370 g/mol. The van der Waals surface area contributed by atoms with Crippen molar-refractivity contribution < 1.29 is 21.9 Å². The minimum atomic E-state index is -4.04. The van der Waals surface area contributed by atoms with Gasteiger partial charge in [-0.1, -0.05) is 18.5 Å². The molecule has 0 saturated carbocycles. The van der Waals surface area contributed by atoms with Gasteiger partial charge in [0.25, 0.3) is 0 Å². The minimum Gasteiger partial charge on any atom is -0.490 e. The van der Waals surface area contributed by atoms with E-state index < -0.39 is 32.1 Å². The van der Waals surface area contributed by atoms with E-state index in [0.29, 0.717) is 11.4 Å². The third-order valence-electron chi connectivity index (χ3n) is 4.94. The summed E-state index contributed by atoms with van der Waals surface area (Å²) in [7, 11) is -4.04. The second-order valence-corrected chi connectivity index (χ2v) is 8.98. The molecule has 2 atom stereocenters. The lowest BCUT2D eigenvalue weighted by molar-refractivity contribution is 0.164. The molecule has 0 aromatic heterocycles. The van der Waals surface area contributed by atoms with Crippen molar-refractivity contribution in [2.75, 3.05) is 6.61 Å². The smallest absolute Gasteiger partial charge is 0.188 e. The first-order valence-corrected chi connectivity index (χ1v) is 9.71. The third-order valence-corrected chi connectivity index (χ3v) is 7.74. The molecule has 25 heavy (non-hydrogen) atoms. The summed E-state index contributed by atoms with van der Waals surface area (Å²) in [4.78, 5) is 0.00867. The summed E-state index contributed by atoms with van der Waals surface area (Å²) >= 11 is 5.84. The molecule has 2 aromatic rings. The van der Waals surface area contributed by atoms with E-state index in [0.717, 1.165) is 12.1 Å². The molecule has 134 valence electrons. The Morgan fingerprint density at radius 1 is 1.16 bits per heavy atom. The molecule has 2 aromatic carbocycles. The third kappa shape index (κ3) is 2.62. The number of hydrogen-bond donors (Lipinski definition) is 0. The summed E-state index contributed by atoms with van der Waals surface area (Å²) < 4.78 is 59.4. The summed E-state index contributed by atoms with van der Waals surface area (Å²) in [6, 6.07) is 7.55. The van der Waals surface area contributed by atoms with E-state index in [1.54, 1.807) is 6.92 Å². The molecule has 1 heterocycles. The molecule has 1 aliphatic rings. The molecule has 3 nitrogen and oxygen atoms in total. The van der Waals surface area contributed by atoms with Crippen LogP contribution >= 0.6 is 11.6 Å². The van der Waals surface area contributed by atoms with E-state index >= 15 is 0 Å². The lowest BCUT2D eigenvalue weighted by atomic mass is 9.82. The Morgan fingerprint density at radius 2 is 1.76 bits per heavy atom. The van der Waals surface area contributed by atoms with Crippen molar-refractivity contribution in [3.05, 3.63) is 58.6 Å². The number of ether oxygens (including phenoxy) is 1. The van der Waals surface area contributed by atoms with E-state index in [-0.39, 0.29) is 22.8 Å². The summed E-state index contributed by atoms with van der Waals surface area (Å²) in [6.45, 7) is 3.23. The monoisotopic (exact) mass is 386 g/mol. The number of benzene rings is 2. The van der Waals surface area contributed by atoms with Crippen LogP contribution < -0.4 is 4.74 Å². The number of rotatable bonds is 3. The van der Waals surface area contributed by atoms with Gasteiger partial charge < -0.3 is 4.74 Å². The van der Waals surface area contributed by atoms with Gasteiger partial charge in [0, 0.05) is 10.9 Å². The molecule has 0 N–H and O–H groups in total. The van der Waals surface area contributed by atoms with Crippen molar-refractivity contribution in [3.63, 3.8) is 0 Å². The van der Waals surface area contributed by atoms with E-state index in [4.69, 9.17) is 16.3 Å². The highest BCUT2D eigenvalue weighted by atomic mass is 35.5. The Morgan fingerprint density at radius 3 is 2.36 bits per heavy atom. The fourth-order valence-corrected chi connectivity index (χ4v) is 5.65. The van der Waals surface area contributed by atoms with Crippen molar-refractivity contribution in [3.8, 4) is 5.75 Å². The molecule has 0 saturated heterocycles. The van der Waals surface area contributed by atoms with Gasteiger partial charge in [-0.15, -0.1) is 0 Å². The van der Waals surface area contributed by atoms with Gasteiger partial charge in [0.2, 0.25) is 0 Å². The normalized spacial score (nSPS) is 23.0. The van der Waals surface area contributed by atoms with Gasteiger partial charge in [-0.05, 0) is 49.7 Å². The quantitative estimate of drug-likeness (QED) is 0.766. The maximum absolute atomic E-state index is 14.6. The Balaban J connectivity index is 2.32. The summed E-state index contributed by atoms with van der Waals surface area (Å²) in [5, 5.41) is 0.390. The fraction of sp³-hybridized carbons (Fsp3) is 0.333. The number of fused-ring (bicyclic) bond motifs is 1. The number of sulfone groups is 1. The van der Waals surface area contributed by atoms with E-state index in [2.05, 4.69) is 0 Å². The summed E-state index contributed by atoms with van der Waals surface area (Å²) in [5.74, 6) is -2.43. The SMILES string of the molecule is CC[C@H]1COc2c(F)ccc(F)c2[C@@]1(C)S(=O)(=O)c1ccc(Cl)cc1. The first-order valence-electron chi connectivity index (χ1n) is 7.85. The van der Waals surface area contributed by atoms with Gasteiger partial charge in [-0.25, -0.2) is 17.2 Å². The van der Waals surface area contributed by atoms with Crippen LogP contribution in [0.1, 0.15) is 25.8 Å². The zero-order valence-electron chi connectivity index (χ0n) is 13.7. The van der Waals surface area contributed by atoms with Crippen molar-refractivity contribution in [2.24, 2.45) is 5.92 Å². The second kappa shape index (κ2) is 6.25. The minimum absolute atomic E-state index is 0.00675. The van der Waals surface area contributed by atoms with Gasteiger partial charge in [-0.3, -0.25) is 0 Å². The predicted molar refractivity (Wildman–Crippen MR) is 91.6 cm³/mol. The van der Waals surface area contributed by atoms with Crippen LogP contribution in [-0.4, -0.2) is 15.0 Å². The van der Waals surface area contributed by atoms with Crippen LogP contribution in [0.25, 0.3) is 0 Å². The standard InChI is InChI=1S/C18H17ClF2O3S/c1-3-11-10-24-17-15(21)9-8-14(20)16(17)18(11,2)25(22,23)13-6-4-12(19)5-7-13/h4-9,11H,3,10H2,1-2H3/t11-,18-/m0/s1. The molecule has 0 aliphatic carbocycles. The molecule has 7 heteroatoms. The number of halogens is 3. The lowest BCUT2D eigenvalue weighted by Crippen LogP contribution is -2.46. The molecule has 0 unspecified atom stereocenters. The Hall–Kier alpha value is -1.66. The first kappa shape index (κ1) is 18.1. The predicted octanol–water partition coefficient (Wildman–Crippen LogP) is 4.73. The van der Waals surface area contributed by atoms with Crippen LogP contribution in [0.3, 0.4) is 0 Å². The maximum Gasteiger partial charge on any atom is 0.188 e.